The van der Waals surface area contributed by atoms with Crippen molar-refractivity contribution in [3.63, 3.8) is 0 Å². The lowest BCUT2D eigenvalue weighted by atomic mass is 9.95. The normalized spacial score (nSPS) is 11.7. The molecule has 0 bridgehead atoms. The van der Waals surface area contributed by atoms with E-state index in [4.69, 9.17) is 16.1 Å². The van der Waals surface area contributed by atoms with E-state index in [0.717, 1.165) is 5.56 Å². The molecule has 0 aliphatic carbocycles. The zero-order chi connectivity index (χ0) is 11.3. The quantitative estimate of drug-likeness (QED) is 0.768. The van der Waals surface area contributed by atoms with Crippen molar-refractivity contribution in [3.8, 4) is 6.07 Å². The second-order valence-corrected chi connectivity index (χ2v) is 3.26. The van der Waals surface area contributed by atoms with Crippen LogP contribution in [0.15, 0.2) is 24.3 Å². The van der Waals surface area contributed by atoms with Gasteiger partial charge in [0.05, 0.1) is 18.1 Å². The molecule has 1 aromatic carbocycles. The molecular weight excluding hydrogens is 192 g/mol. The van der Waals surface area contributed by atoms with Gasteiger partial charge in [-0.25, -0.2) is 0 Å². The van der Waals surface area contributed by atoms with Gasteiger partial charge in [0, 0.05) is 5.92 Å². The van der Waals surface area contributed by atoms with Crippen molar-refractivity contribution in [1.29, 1.82) is 5.26 Å². The van der Waals surface area contributed by atoms with Gasteiger partial charge in [-0.3, -0.25) is 4.79 Å². The molecule has 4 heteroatoms. The molecule has 0 aromatic heterocycles. The SMILES string of the molecule is N#Cc1ccc(C(CN)CC(=O)O)cc1. The fourth-order valence-electron chi connectivity index (χ4n) is 1.38. The summed E-state index contributed by atoms with van der Waals surface area (Å²) >= 11 is 0. The third-order valence-electron chi connectivity index (χ3n) is 2.22. The van der Waals surface area contributed by atoms with Crippen LogP contribution in [0, 0.1) is 11.3 Å². The van der Waals surface area contributed by atoms with Crippen LogP contribution in [-0.4, -0.2) is 17.6 Å². The van der Waals surface area contributed by atoms with Crippen LogP contribution in [0.1, 0.15) is 23.5 Å². The van der Waals surface area contributed by atoms with E-state index in [1.165, 1.54) is 0 Å². The zero-order valence-corrected chi connectivity index (χ0v) is 8.18. The molecule has 0 amide bonds. The first kappa shape index (κ1) is 11.2. The largest absolute Gasteiger partial charge is 0.481 e. The monoisotopic (exact) mass is 204 g/mol. The van der Waals surface area contributed by atoms with Crippen LogP contribution in [0.4, 0.5) is 0 Å². The maximum absolute atomic E-state index is 10.6. The van der Waals surface area contributed by atoms with Gasteiger partial charge in [-0.2, -0.15) is 5.26 Å². The fraction of sp³-hybridized carbons (Fsp3) is 0.273. The standard InChI is InChI=1S/C11H12N2O2/c12-6-8-1-3-9(4-2-8)10(7-13)5-11(14)15/h1-4,10H,5,7,13H2,(H,14,15). The first-order valence-corrected chi connectivity index (χ1v) is 4.59. The Labute approximate surface area is 87.9 Å². The highest BCUT2D eigenvalue weighted by Crippen LogP contribution is 2.18. The highest BCUT2D eigenvalue weighted by Gasteiger charge is 2.13. The maximum Gasteiger partial charge on any atom is 0.304 e. The second-order valence-electron chi connectivity index (χ2n) is 3.26. The van der Waals surface area contributed by atoms with Gasteiger partial charge in [0.25, 0.3) is 0 Å². The smallest absolute Gasteiger partial charge is 0.304 e. The van der Waals surface area contributed by atoms with Gasteiger partial charge < -0.3 is 10.8 Å². The van der Waals surface area contributed by atoms with Crippen LogP contribution < -0.4 is 5.73 Å². The molecule has 3 N–H and O–H groups in total. The number of nitrogens with zero attached hydrogens (tertiary/aromatic N) is 1. The van der Waals surface area contributed by atoms with Gasteiger partial charge in [-0.15, -0.1) is 0 Å². The predicted octanol–water partition coefficient (Wildman–Crippen LogP) is 1.08. The van der Waals surface area contributed by atoms with Crippen LogP contribution in [0.5, 0.6) is 0 Å². The molecule has 0 saturated carbocycles. The summed E-state index contributed by atoms with van der Waals surface area (Å²) in [5.74, 6) is -1.05. The first-order valence-electron chi connectivity index (χ1n) is 4.59. The lowest BCUT2D eigenvalue weighted by Gasteiger charge is -2.12. The van der Waals surface area contributed by atoms with Crippen molar-refractivity contribution in [2.24, 2.45) is 5.73 Å². The summed E-state index contributed by atoms with van der Waals surface area (Å²) in [5, 5.41) is 17.3. The van der Waals surface area contributed by atoms with E-state index < -0.39 is 5.97 Å². The highest BCUT2D eigenvalue weighted by molar-refractivity contribution is 5.68. The van der Waals surface area contributed by atoms with Gasteiger partial charge >= 0.3 is 5.97 Å². The van der Waals surface area contributed by atoms with Crippen molar-refractivity contribution in [3.05, 3.63) is 35.4 Å². The molecule has 1 atom stereocenters. The van der Waals surface area contributed by atoms with E-state index in [2.05, 4.69) is 0 Å². The van der Waals surface area contributed by atoms with Crippen LogP contribution in [0.25, 0.3) is 0 Å². The van der Waals surface area contributed by atoms with Gasteiger partial charge in [0.2, 0.25) is 0 Å². The average molecular weight is 204 g/mol. The number of carbonyl (C=O) groups is 1. The summed E-state index contributed by atoms with van der Waals surface area (Å²) in [7, 11) is 0. The van der Waals surface area contributed by atoms with Gasteiger partial charge in [-0.1, -0.05) is 12.1 Å². The Morgan fingerprint density at radius 2 is 2.07 bits per heavy atom. The molecule has 0 heterocycles. The Bertz CT molecular complexity index is 379. The minimum absolute atomic E-state index is 0.0163. The number of carboxylic acids is 1. The summed E-state index contributed by atoms with van der Waals surface area (Å²) in [4.78, 5) is 10.6. The summed E-state index contributed by atoms with van der Waals surface area (Å²) in [5.41, 5.74) is 6.92. The molecule has 0 aliphatic rings. The molecule has 0 aliphatic heterocycles. The van der Waals surface area contributed by atoms with Crippen LogP contribution in [0.2, 0.25) is 0 Å². The van der Waals surface area contributed by atoms with Crippen LogP contribution >= 0.6 is 0 Å². The molecule has 1 rings (SSSR count). The Morgan fingerprint density at radius 3 is 2.47 bits per heavy atom. The predicted molar refractivity (Wildman–Crippen MR) is 55.2 cm³/mol. The van der Waals surface area contributed by atoms with E-state index in [1.807, 2.05) is 6.07 Å². The molecular formula is C11H12N2O2. The lowest BCUT2D eigenvalue weighted by molar-refractivity contribution is -0.137. The molecule has 0 spiro atoms. The molecule has 0 radical (unpaired) electrons. The Morgan fingerprint density at radius 1 is 1.47 bits per heavy atom. The maximum atomic E-state index is 10.6. The van der Waals surface area contributed by atoms with Crippen molar-refractivity contribution in [2.45, 2.75) is 12.3 Å². The number of carboxylic acid groups (broad SMARTS) is 1. The number of nitriles is 1. The van der Waals surface area contributed by atoms with Gasteiger partial charge in [-0.05, 0) is 24.2 Å². The van der Waals surface area contributed by atoms with E-state index >= 15 is 0 Å². The van der Waals surface area contributed by atoms with E-state index in [1.54, 1.807) is 24.3 Å². The highest BCUT2D eigenvalue weighted by atomic mass is 16.4. The van der Waals surface area contributed by atoms with Crippen LogP contribution in [0.3, 0.4) is 0 Å². The lowest BCUT2D eigenvalue weighted by Crippen LogP contribution is -2.16. The number of hydrogen-bond donors (Lipinski definition) is 2. The number of aliphatic carboxylic acids is 1. The Kier molecular flexibility index (Phi) is 3.83. The van der Waals surface area contributed by atoms with Crippen molar-refractivity contribution >= 4 is 5.97 Å². The summed E-state index contributed by atoms with van der Waals surface area (Å²) in [6.07, 6.45) is 0.0163. The number of hydrogen-bond acceptors (Lipinski definition) is 3. The molecule has 1 unspecified atom stereocenters. The first-order chi connectivity index (χ1) is 7.17. The zero-order valence-electron chi connectivity index (χ0n) is 8.18. The molecule has 0 saturated heterocycles. The van der Waals surface area contributed by atoms with Crippen molar-refractivity contribution < 1.29 is 9.90 Å². The van der Waals surface area contributed by atoms with Crippen LogP contribution in [-0.2, 0) is 4.79 Å². The molecule has 15 heavy (non-hydrogen) atoms. The molecule has 78 valence electrons. The molecule has 4 nitrogen and oxygen atoms in total. The summed E-state index contributed by atoms with van der Waals surface area (Å²) < 4.78 is 0. The Hall–Kier alpha value is -1.86. The van der Waals surface area contributed by atoms with Crippen molar-refractivity contribution in [2.75, 3.05) is 6.54 Å². The summed E-state index contributed by atoms with van der Waals surface area (Å²) in [6.45, 7) is 0.290. The molecule has 1 aromatic rings. The number of nitrogens with two attached hydrogens (primary N) is 1. The third kappa shape index (κ3) is 3.08. The average Bonchev–Trinajstić information content (AvgIpc) is 2.26. The third-order valence-corrected chi connectivity index (χ3v) is 2.22. The van der Waals surface area contributed by atoms with E-state index in [0.29, 0.717) is 5.56 Å². The Balaban J connectivity index is 2.84. The van der Waals surface area contributed by atoms with Crippen molar-refractivity contribution in [1.82, 2.24) is 0 Å². The van der Waals surface area contributed by atoms with Gasteiger partial charge in [0.15, 0.2) is 0 Å². The van der Waals surface area contributed by atoms with Gasteiger partial charge in [0.1, 0.15) is 0 Å². The molecule has 0 fully saturated rings. The topological polar surface area (TPSA) is 87.1 Å². The fourth-order valence-corrected chi connectivity index (χ4v) is 1.38. The van der Waals surface area contributed by atoms with E-state index in [-0.39, 0.29) is 18.9 Å². The number of benzene rings is 1. The minimum Gasteiger partial charge on any atom is -0.481 e. The summed E-state index contributed by atoms with van der Waals surface area (Å²) in [6, 6.07) is 8.84. The minimum atomic E-state index is -0.866. The number of rotatable bonds is 4. The second kappa shape index (κ2) is 5.13. The van der Waals surface area contributed by atoms with E-state index in [9.17, 15) is 4.79 Å².